The van der Waals surface area contributed by atoms with E-state index in [1.54, 1.807) is 11.8 Å². The number of benzene rings is 1. The highest BCUT2D eigenvalue weighted by atomic mass is 16.5. The minimum atomic E-state index is -0.105. The maximum Gasteiger partial charge on any atom is 0.251 e. The summed E-state index contributed by atoms with van der Waals surface area (Å²) in [6.07, 6.45) is 10.1. The van der Waals surface area contributed by atoms with Gasteiger partial charge in [-0.05, 0) is 81.3 Å². The summed E-state index contributed by atoms with van der Waals surface area (Å²) in [5, 5.41) is 2.91. The third kappa shape index (κ3) is 6.78. The van der Waals surface area contributed by atoms with Gasteiger partial charge in [0.15, 0.2) is 0 Å². The first-order chi connectivity index (χ1) is 16.1. The number of piperidine rings is 1. The van der Waals surface area contributed by atoms with Gasteiger partial charge in [0.05, 0.1) is 12.2 Å². The molecule has 33 heavy (non-hydrogen) atoms. The van der Waals surface area contributed by atoms with Gasteiger partial charge in [0, 0.05) is 31.4 Å². The molecule has 1 aliphatic heterocycles. The first kappa shape index (κ1) is 23.2. The quantitative estimate of drug-likeness (QED) is 0.571. The van der Waals surface area contributed by atoms with Crippen LogP contribution >= 0.6 is 0 Å². The van der Waals surface area contributed by atoms with Crippen LogP contribution in [0.4, 0.5) is 0 Å². The van der Waals surface area contributed by atoms with Crippen molar-refractivity contribution in [2.24, 2.45) is 5.92 Å². The van der Waals surface area contributed by atoms with Crippen LogP contribution in [0.15, 0.2) is 72.5 Å². The highest BCUT2D eigenvalue weighted by Crippen LogP contribution is 2.29. The molecule has 1 saturated heterocycles. The number of carbonyl (C=O) groups excluding carboxylic acids is 1. The van der Waals surface area contributed by atoms with E-state index < -0.39 is 0 Å². The van der Waals surface area contributed by atoms with Gasteiger partial charge in [-0.2, -0.15) is 0 Å². The number of allylic oxidation sites excluding steroid dienone is 2. The Morgan fingerprint density at radius 3 is 2.58 bits per heavy atom. The molecule has 1 aliphatic carbocycles. The summed E-state index contributed by atoms with van der Waals surface area (Å²) in [4.78, 5) is 19.2. The van der Waals surface area contributed by atoms with Crippen LogP contribution in [0, 0.1) is 5.92 Å². The van der Waals surface area contributed by atoms with E-state index in [9.17, 15) is 4.79 Å². The number of carbonyl (C=O) groups is 1. The van der Waals surface area contributed by atoms with Crippen molar-refractivity contribution in [1.82, 2.24) is 15.2 Å². The predicted octanol–water partition coefficient (Wildman–Crippen LogP) is 5.16. The molecule has 1 aromatic carbocycles. The second-order valence-electron chi connectivity index (χ2n) is 9.30. The van der Waals surface area contributed by atoms with Gasteiger partial charge >= 0.3 is 0 Å². The predicted molar refractivity (Wildman–Crippen MR) is 132 cm³/mol. The number of ether oxygens (including phenoxy) is 1. The van der Waals surface area contributed by atoms with Crippen LogP contribution in [0.2, 0.25) is 0 Å². The van der Waals surface area contributed by atoms with Crippen LogP contribution in [0.3, 0.4) is 0 Å². The molecule has 1 atom stereocenters. The van der Waals surface area contributed by atoms with Crippen molar-refractivity contribution in [3.63, 3.8) is 0 Å². The first-order valence-electron chi connectivity index (χ1n) is 12.1. The molecule has 0 radical (unpaired) electrons. The van der Waals surface area contributed by atoms with Crippen molar-refractivity contribution in [1.29, 1.82) is 0 Å². The molecule has 0 bridgehead atoms. The van der Waals surface area contributed by atoms with Crippen molar-refractivity contribution < 1.29 is 9.53 Å². The molecule has 1 amide bonds. The van der Waals surface area contributed by atoms with Crippen LogP contribution in [-0.2, 0) is 6.54 Å². The Hall–Kier alpha value is -2.92. The average Bonchev–Trinajstić information content (AvgIpc) is 2.85. The Morgan fingerprint density at radius 2 is 1.94 bits per heavy atom. The second kappa shape index (κ2) is 11.3. The molecule has 2 aromatic rings. The lowest BCUT2D eigenvalue weighted by Crippen LogP contribution is -2.39. The lowest BCUT2D eigenvalue weighted by atomic mass is 9.85. The standard InChI is InChI=1S/C28H35N3O2/c1-21(2)23-8-6-22(7-9-23)20-31-17-14-27(15-18-31)33-26-12-10-24(11-13-26)28(32)30-19-25-5-3-4-16-29-25/h3-6,10-13,16,23,27H,1,7-9,14-15,17-20H2,2H3,(H,30,32)/t23-/m1/s1. The third-order valence-electron chi connectivity index (χ3n) is 6.74. The van der Waals surface area contributed by atoms with Gasteiger partial charge in [-0.1, -0.05) is 29.9 Å². The Labute approximate surface area is 197 Å². The molecule has 2 heterocycles. The van der Waals surface area contributed by atoms with Gasteiger partial charge < -0.3 is 10.1 Å². The van der Waals surface area contributed by atoms with Gasteiger partial charge in [-0.3, -0.25) is 14.7 Å². The summed E-state index contributed by atoms with van der Waals surface area (Å²) >= 11 is 0. The lowest BCUT2D eigenvalue weighted by molar-refractivity contribution is 0.0950. The van der Waals surface area contributed by atoms with E-state index in [1.807, 2.05) is 42.5 Å². The van der Waals surface area contributed by atoms with Crippen molar-refractivity contribution in [2.75, 3.05) is 19.6 Å². The molecular weight excluding hydrogens is 410 g/mol. The molecule has 1 N–H and O–H groups in total. The number of rotatable bonds is 8. The average molecular weight is 446 g/mol. The van der Waals surface area contributed by atoms with Gasteiger partial charge in [-0.15, -0.1) is 0 Å². The number of hydrogen-bond donors (Lipinski definition) is 1. The molecule has 5 heteroatoms. The summed E-state index contributed by atoms with van der Waals surface area (Å²) in [6.45, 7) is 9.93. The molecule has 5 nitrogen and oxygen atoms in total. The molecule has 2 aliphatic rings. The lowest BCUT2D eigenvalue weighted by Gasteiger charge is -2.33. The number of amides is 1. The minimum absolute atomic E-state index is 0.105. The Balaban J connectivity index is 1.19. The topological polar surface area (TPSA) is 54.5 Å². The number of pyridine rings is 1. The largest absolute Gasteiger partial charge is 0.490 e. The highest BCUT2D eigenvalue weighted by Gasteiger charge is 2.23. The van der Waals surface area contributed by atoms with Crippen LogP contribution in [0.1, 0.15) is 55.1 Å². The fourth-order valence-corrected chi connectivity index (χ4v) is 4.61. The molecule has 0 unspecified atom stereocenters. The number of aromatic nitrogens is 1. The summed E-state index contributed by atoms with van der Waals surface area (Å²) in [6, 6.07) is 13.1. The Bertz CT molecular complexity index is 960. The smallest absolute Gasteiger partial charge is 0.251 e. The van der Waals surface area contributed by atoms with Crippen molar-refractivity contribution in [2.45, 2.75) is 51.7 Å². The summed E-state index contributed by atoms with van der Waals surface area (Å²) in [5.41, 5.74) is 4.38. The fourth-order valence-electron chi connectivity index (χ4n) is 4.61. The zero-order chi connectivity index (χ0) is 23.0. The van der Waals surface area contributed by atoms with E-state index in [0.717, 1.165) is 50.3 Å². The van der Waals surface area contributed by atoms with E-state index in [0.29, 0.717) is 18.0 Å². The Kier molecular flexibility index (Phi) is 7.95. The molecule has 0 saturated carbocycles. The fraction of sp³-hybridized carbons (Fsp3) is 0.429. The van der Waals surface area contributed by atoms with Crippen LogP contribution < -0.4 is 10.1 Å². The molecule has 4 rings (SSSR count). The Morgan fingerprint density at radius 1 is 1.15 bits per heavy atom. The van der Waals surface area contributed by atoms with E-state index in [2.05, 4.69) is 34.8 Å². The van der Waals surface area contributed by atoms with Crippen molar-refractivity contribution in [3.8, 4) is 5.75 Å². The first-order valence-corrected chi connectivity index (χ1v) is 12.1. The number of nitrogens with zero attached hydrogens (tertiary/aromatic N) is 2. The van der Waals surface area contributed by atoms with Crippen LogP contribution in [0.25, 0.3) is 0 Å². The van der Waals surface area contributed by atoms with E-state index in [-0.39, 0.29) is 12.0 Å². The van der Waals surface area contributed by atoms with Crippen LogP contribution in [0.5, 0.6) is 5.75 Å². The molecule has 174 valence electrons. The van der Waals surface area contributed by atoms with E-state index >= 15 is 0 Å². The third-order valence-corrected chi connectivity index (χ3v) is 6.74. The number of nitrogens with one attached hydrogen (secondary N) is 1. The van der Waals surface area contributed by atoms with Crippen LogP contribution in [-0.4, -0.2) is 41.5 Å². The molecule has 0 spiro atoms. The van der Waals surface area contributed by atoms with Gasteiger partial charge in [-0.25, -0.2) is 0 Å². The molecule has 1 aromatic heterocycles. The number of likely N-dealkylation sites (tertiary alicyclic amines) is 1. The highest BCUT2D eigenvalue weighted by molar-refractivity contribution is 5.94. The summed E-state index contributed by atoms with van der Waals surface area (Å²) < 4.78 is 6.21. The maximum absolute atomic E-state index is 12.4. The monoisotopic (exact) mass is 445 g/mol. The van der Waals surface area contributed by atoms with Crippen molar-refractivity contribution in [3.05, 3.63) is 83.7 Å². The molecule has 1 fully saturated rings. The zero-order valence-electron chi connectivity index (χ0n) is 19.6. The van der Waals surface area contributed by atoms with Gasteiger partial charge in [0.1, 0.15) is 11.9 Å². The number of hydrogen-bond acceptors (Lipinski definition) is 4. The van der Waals surface area contributed by atoms with Crippen molar-refractivity contribution >= 4 is 5.91 Å². The summed E-state index contributed by atoms with van der Waals surface area (Å²) in [5.74, 6) is 1.40. The minimum Gasteiger partial charge on any atom is -0.490 e. The summed E-state index contributed by atoms with van der Waals surface area (Å²) in [7, 11) is 0. The maximum atomic E-state index is 12.4. The normalized spacial score (nSPS) is 19.5. The molecular formula is C28H35N3O2. The zero-order valence-corrected chi connectivity index (χ0v) is 19.6. The second-order valence-corrected chi connectivity index (χ2v) is 9.30. The van der Waals surface area contributed by atoms with Gasteiger partial charge in [0.25, 0.3) is 5.91 Å². The van der Waals surface area contributed by atoms with E-state index in [1.165, 1.54) is 18.4 Å². The SMILES string of the molecule is C=C(C)[C@@H]1CC=C(CN2CCC(Oc3ccc(C(=O)NCc4ccccn4)cc3)CC2)CC1. The van der Waals surface area contributed by atoms with E-state index in [4.69, 9.17) is 4.74 Å². The van der Waals surface area contributed by atoms with Gasteiger partial charge in [0.2, 0.25) is 0 Å².